The zero-order chi connectivity index (χ0) is 27.4. The van der Waals surface area contributed by atoms with Gasteiger partial charge in [-0.25, -0.2) is 4.99 Å². The standard InChI is InChI=1S/C33H32N2O3S/c1-5-23(3)35-32(36)30(39-33(35)34-27-18-16-22(2)17-19-27)20-25-12-9-15-29(37-4)31(25)38-21-26-13-8-11-24-10-6-7-14-28(24)26/h6-20,23H,5,21H2,1-4H3/b30-20+,34-33?/t23-/m0/s1. The second-order valence-electron chi connectivity index (χ2n) is 9.58. The van der Waals surface area contributed by atoms with Crippen LogP contribution in [0.25, 0.3) is 16.8 Å². The normalized spacial score (nSPS) is 16.3. The summed E-state index contributed by atoms with van der Waals surface area (Å²) in [6.45, 7) is 6.55. The van der Waals surface area contributed by atoms with Crippen LogP contribution in [0.5, 0.6) is 11.5 Å². The van der Waals surface area contributed by atoms with Gasteiger partial charge < -0.3 is 9.47 Å². The number of carbonyl (C=O) groups excluding carboxylic acids is 1. The fourth-order valence-corrected chi connectivity index (χ4v) is 5.62. The number of rotatable bonds is 8. The third-order valence-electron chi connectivity index (χ3n) is 6.90. The molecule has 1 amide bonds. The van der Waals surface area contributed by atoms with Gasteiger partial charge in [-0.1, -0.05) is 79.2 Å². The number of aliphatic imine (C=N–C) groups is 1. The van der Waals surface area contributed by atoms with Gasteiger partial charge in [0.25, 0.3) is 5.91 Å². The van der Waals surface area contributed by atoms with Crippen LogP contribution < -0.4 is 9.47 Å². The van der Waals surface area contributed by atoms with Gasteiger partial charge in [0.15, 0.2) is 16.7 Å². The van der Waals surface area contributed by atoms with Gasteiger partial charge in [-0.15, -0.1) is 0 Å². The minimum Gasteiger partial charge on any atom is -0.493 e. The number of hydrogen-bond donors (Lipinski definition) is 0. The molecule has 1 fully saturated rings. The molecule has 1 saturated heterocycles. The first-order chi connectivity index (χ1) is 19.0. The topological polar surface area (TPSA) is 51.1 Å². The lowest BCUT2D eigenvalue weighted by molar-refractivity contribution is -0.123. The van der Waals surface area contributed by atoms with Crippen LogP contribution in [0.1, 0.15) is 37.0 Å². The van der Waals surface area contributed by atoms with Crippen molar-refractivity contribution in [3.63, 3.8) is 0 Å². The lowest BCUT2D eigenvalue weighted by atomic mass is 10.1. The average molecular weight is 537 g/mol. The van der Waals surface area contributed by atoms with Crippen LogP contribution in [0.4, 0.5) is 5.69 Å². The quantitative estimate of drug-likeness (QED) is 0.213. The second-order valence-corrected chi connectivity index (χ2v) is 10.6. The monoisotopic (exact) mass is 536 g/mol. The molecule has 0 N–H and O–H groups in total. The summed E-state index contributed by atoms with van der Waals surface area (Å²) < 4.78 is 12.1. The van der Waals surface area contributed by atoms with Crippen LogP contribution in [0.15, 0.2) is 94.8 Å². The summed E-state index contributed by atoms with van der Waals surface area (Å²) in [4.78, 5) is 20.9. The Labute approximate surface area is 234 Å². The second kappa shape index (κ2) is 11.8. The molecular weight excluding hydrogens is 504 g/mol. The molecule has 0 radical (unpaired) electrons. The number of ether oxygens (including phenoxy) is 2. The molecule has 1 aliphatic rings. The van der Waals surface area contributed by atoms with E-state index in [2.05, 4.69) is 38.1 Å². The first kappa shape index (κ1) is 26.6. The van der Waals surface area contributed by atoms with Crippen LogP contribution in [0.3, 0.4) is 0 Å². The van der Waals surface area contributed by atoms with Gasteiger partial charge in [-0.3, -0.25) is 9.69 Å². The third-order valence-corrected chi connectivity index (χ3v) is 7.88. The maximum absolute atomic E-state index is 13.6. The number of para-hydroxylation sites is 1. The van der Waals surface area contributed by atoms with Crippen molar-refractivity contribution in [2.75, 3.05) is 7.11 Å². The van der Waals surface area contributed by atoms with Gasteiger partial charge in [0, 0.05) is 11.6 Å². The minimum atomic E-state index is -0.0527. The van der Waals surface area contributed by atoms with E-state index in [9.17, 15) is 4.79 Å². The van der Waals surface area contributed by atoms with Crippen LogP contribution in [0, 0.1) is 6.92 Å². The van der Waals surface area contributed by atoms with Crippen molar-refractivity contribution in [2.45, 2.75) is 39.8 Å². The number of thioether (sulfide) groups is 1. The van der Waals surface area contributed by atoms with Crippen molar-refractivity contribution in [3.8, 4) is 11.5 Å². The van der Waals surface area contributed by atoms with E-state index in [0.717, 1.165) is 28.6 Å². The molecule has 0 aromatic heterocycles. The number of fused-ring (bicyclic) bond motifs is 1. The number of nitrogens with zero attached hydrogens (tertiary/aromatic N) is 2. The fraction of sp³-hybridized carbons (Fsp3) is 0.212. The number of hydrogen-bond acceptors (Lipinski definition) is 5. The highest BCUT2D eigenvalue weighted by Gasteiger charge is 2.36. The van der Waals surface area contributed by atoms with E-state index < -0.39 is 0 Å². The molecule has 0 unspecified atom stereocenters. The first-order valence-corrected chi connectivity index (χ1v) is 13.9. The van der Waals surface area contributed by atoms with Gasteiger partial charge >= 0.3 is 0 Å². The van der Waals surface area contributed by atoms with E-state index in [0.29, 0.717) is 28.2 Å². The van der Waals surface area contributed by atoms with Crippen LogP contribution in [-0.2, 0) is 11.4 Å². The minimum absolute atomic E-state index is 0.0208. The Balaban J connectivity index is 1.49. The molecule has 0 bridgehead atoms. The Morgan fingerprint density at radius 1 is 0.974 bits per heavy atom. The van der Waals surface area contributed by atoms with Crippen molar-refractivity contribution >= 4 is 45.4 Å². The van der Waals surface area contributed by atoms with Crippen molar-refractivity contribution < 1.29 is 14.3 Å². The van der Waals surface area contributed by atoms with E-state index in [1.54, 1.807) is 12.0 Å². The maximum atomic E-state index is 13.6. The van der Waals surface area contributed by atoms with Crippen molar-refractivity contribution in [1.82, 2.24) is 4.90 Å². The summed E-state index contributed by atoms with van der Waals surface area (Å²) in [6.07, 6.45) is 2.71. The maximum Gasteiger partial charge on any atom is 0.267 e. The molecule has 4 aromatic rings. The molecule has 0 aliphatic carbocycles. The van der Waals surface area contributed by atoms with Gasteiger partial charge in [0.1, 0.15) is 6.61 Å². The summed E-state index contributed by atoms with van der Waals surface area (Å²) >= 11 is 1.39. The lowest BCUT2D eigenvalue weighted by Gasteiger charge is -2.22. The fourth-order valence-electron chi connectivity index (χ4n) is 4.54. The molecule has 1 atom stereocenters. The van der Waals surface area contributed by atoms with Crippen molar-refractivity contribution in [2.24, 2.45) is 4.99 Å². The molecule has 0 spiro atoms. The number of benzene rings is 4. The SMILES string of the molecule is CC[C@H](C)N1C(=O)/C(=C\c2cccc(OC)c2OCc2cccc3ccccc23)SC1=Nc1ccc(C)cc1. The number of aryl methyl sites for hydroxylation is 1. The third kappa shape index (κ3) is 5.71. The molecule has 5 nitrogen and oxygen atoms in total. The Morgan fingerprint density at radius 3 is 2.49 bits per heavy atom. The summed E-state index contributed by atoms with van der Waals surface area (Å²) in [6, 6.07) is 28.2. The lowest BCUT2D eigenvalue weighted by Crippen LogP contribution is -2.36. The molecule has 1 heterocycles. The van der Waals surface area contributed by atoms with Gasteiger partial charge in [0.2, 0.25) is 0 Å². The van der Waals surface area contributed by atoms with Crippen LogP contribution in [0.2, 0.25) is 0 Å². The number of methoxy groups -OCH3 is 1. The summed E-state index contributed by atoms with van der Waals surface area (Å²) in [5, 5.41) is 3.00. The largest absolute Gasteiger partial charge is 0.493 e. The zero-order valence-corrected chi connectivity index (χ0v) is 23.5. The zero-order valence-electron chi connectivity index (χ0n) is 22.7. The molecule has 39 heavy (non-hydrogen) atoms. The molecule has 5 rings (SSSR count). The highest BCUT2D eigenvalue weighted by molar-refractivity contribution is 8.18. The van der Waals surface area contributed by atoms with E-state index in [1.165, 1.54) is 22.7 Å². The molecule has 198 valence electrons. The highest BCUT2D eigenvalue weighted by atomic mass is 32.2. The number of carbonyl (C=O) groups is 1. The smallest absolute Gasteiger partial charge is 0.267 e. The van der Waals surface area contributed by atoms with Crippen molar-refractivity contribution in [3.05, 3.63) is 107 Å². The highest BCUT2D eigenvalue weighted by Crippen LogP contribution is 2.39. The Bertz CT molecular complexity index is 1550. The van der Waals surface area contributed by atoms with Crippen molar-refractivity contribution in [1.29, 1.82) is 0 Å². The number of amidine groups is 1. The van der Waals surface area contributed by atoms with Crippen LogP contribution >= 0.6 is 11.8 Å². The molecule has 0 saturated carbocycles. The van der Waals surface area contributed by atoms with E-state index >= 15 is 0 Å². The predicted molar refractivity (Wildman–Crippen MR) is 162 cm³/mol. The average Bonchev–Trinajstić information content (AvgIpc) is 3.26. The first-order valence-electron chi connectivity index (χ1n) is 13.1. The van der Waals surface area contributed by atoms with E-state index in [4.69, 9.17) is 14.5 Å². The molecular formula is C33H32N2O3S. The predicted octanol–water partition coefficient (Wildman–Crippen LogP) is 8.14. The van der Waals surface area contributed by atoms with Gasteiger partial charge in [0.05, 0.1) is 17.7 Å². The Morgan fingerprint density at radius 2 is 1.72 bits per heavy atom. The summed E-state index contributed by atoms with van der Waals surface area (Å²) in [7, 11) is 1.63. The Hall–Kier alpha value is -4.03. The summed E-state index contributed by atoms with van der Waals surface area (Å²) in [5.41, 5.74) is 3.86. The summed E-state index contributed by atoms with van der Waals surface area (Å²) in [5.74, 6) is 1.17. The molecule has 1 aliphatic heterocycles. The van der Waals surface area contributed by atoms with Crippen LogP contribution in [-0.4, -0.2) is 29.1 Å². The van der Waals surface area contributed by atoms with E-state index in [-0.39, 0.29) is 11.9 Å². The molecule has 6 heteroatoms. The van der Waals surface area contributed by atoms with Gasteiger partial charge in [-0.2, -0.15) is 0 Å². The van der Waals surface area contributed by atoms with Gasteiger partial charge in [-0.05, 0) is 72.6 Å². The Kier molecular flexibility index (Phi) is 8.03. The molecule has 4 aromatic carbocycles. The number of amides is 1. The van der Waals surface area contributed by atoms with E-state index in [1.807, 2.05) is 73.7 Å².